The molecule has 2 aromatic carbocycles. The molecule has 1 heterocycles. The Balaban J connectivity index is 1.58. The summed E-state index contributed by atoms with van der Waals surface area (Å²) in [4.78, 5) is 16.1. The molecule has 4 heteroatoms. The maximum atomic E-state index is 12.1. The number of nitrogens with one attached hydrogen (secondary N) is 1. The lowest BCUT2D eigenvalue weighted by atomic mass is 10.1. The van der Waals surface area contributed by atoms with E-state index in [1.54, 1.807) is 24.5 Å². The highest BCUT2D eigenvalue weighted by atomic mass is 35.5. The van der Waals surface area contributed by atoms with Gasteiger partial charge in [0, 0.05) is 23.1 Å². The molecule has 0 fully saturated rings. The van der Waals surface area contributed by atoms with E-state index in [1.165, 1.54) is 11.1 Å². The Bertz CT molecular complexity index is 817. The molecule has 0 saturated carbocycles. The first-order chi connectivity index (χ1) is 11.7. The number of amides is 1. The number of halogens is 1. The van der Waals surface area contributed by atoms with Gasteiger partial charge >= 0.3 is 0 Å². The highest BCUT2D eigenvalue weighted by Crippen LogP contribution is 2.15. The number of hydrogen-bond acceptors (Lipinski definition) is 2. The van der Waals surface area contributed by atoms with Crippen LogP contribution in [0.3, 0.4) is 0 Å². The number of anilines is 1. The van der Waals surface area contributed by atoms with Crippen LogP contribution in [0.25, 0.3) is 0 Å². The summed E-state index contributed by atoms with van der Waals surface area (Å²) in [7, 11) is 0. The summed E-state index contributed by atoms with van der Waals surface area (Å²) in [5.41, 5.74) is 4.09. The fraction of sp³-hybridized carbons (Fsp3) is 0.100. The molecular weight excluding hydrogens is 320 g/mol. The molecule has 0 aliphatic rings. The molecule has 3 rings (SSSR count). The first-order valence-corrected chi connectivity index (χ1v) is 8.09. The SMILES string of the molecule is O=C(Cc1cccc(Cl)c1)Nc1ccc(Cc2ccncc2)cc1. The van der Waals surface area contributed by atoms with Gasteiger partial charge in [-0.05, 0) is 59.5 Å². The topological polar surface area (TPSA) is 42.0 Å². The van der Waals surface area contributed by atoms with Crippen LogP contribution in [0.2, 0.25) is 5.02 Å². The van der Waals surface area contributed by atoms with Gasteiger partial charge in [0.15, 0.2) is 0 Å². The van der Waals surface area contributed by atoms with E-state index in [9.17, 15) is 4.79 Å². The molecule has 1 aromatic heterocycles. The van der Waals surface area contributed by atoms with Gasteiger partial charge in [-0.1, -0.05) is 35.9 Å². The lowest BCUT2D eigenvalue weighted by Crippen LogP contribution is -2.14. The highest BCUT2D eigenvalue weighted by molar-refractivity contribution is 6.30. The summed E-state index contributed by atoms with van der Waals surface area (Å²) in [5, 5.41) is 3.55. The van der Waals surface area contributed by atoms with Gasteiger partial charge < -0.3 is 5.32 Å². The first-order valence-electron chi connectivity index (χ1n) is 7.71. The van der Waals surface area contributed by atoms with Crippen molar-refractivity contribution in [3.05, 3.63) is 94.8 Å². The molecule has 120 valence electrons. The molecular formula is C20H17ClN2O. The number of carbonyl (C=O) groups excluding carboxylic acids is 1. The zero-order chi connectivity index (χ0) is 16.8. The fourth-order valence-electron chi connectivity index (χ4n) is 2.48. The Morgan fingerprint density at radius 2 is 1.62 bits per heavy atom. The summed E-state index contributed by atoms with van der Waals surface area (Å²) in [5.74, 6) is -0.0563. The van der Waals surface area contributed by atoms with E-state index >= 15 is 0 Å². The molecule has 0 spiro atoms. The van der Waals surface area contributed by atoms with Gasteiger partial charge in [-0.2, -0.15) is 0 Å². The number of nitrogens with zero attached hydrogens (tertiary/aromatic N) is 1. The smallest absolute Gasteiger partial charge is 0.228 e. The molecule has 1 N–H and O–H groups in total. The molecule has 0 atom stereocenters. The highest BCUT2D eigenvalue weighted by Gasteiger charge is 2.05. The lowest BCUT2D eigenvalue weighted by molar-refractivity contribution is -0.115. The van der Waals surface area contributed by atoms with Crippen molar-refractivity contribution in [2.75, 3.05) is 5.32 Å². The van der Waals surface area contributed by atoms with Gasteiger partial charge in [0.1, 0.15) is 0 Å². The average Bonchev–Trinajstić information content (AvgIpc) is 2.57. The van der Waals surface area contributed by atoms with E-state index in [0.29, 0.717) is 11.4 Å². The quantitative estimate of drug-likeness (QED) is 0.745. The van der Waals surface area contributed by atoms with Gasteiger partial charge in [-0.3, -0.25) is 9.78 Å². The maximum absolute atomic E-state index is 12.1. The number of carbonyl (C=O) groups is 1. The third kappa shape index (κ3) is 4.67. The van der Waals surface area contributed by atoms with Crippen molar-refractivity contribution in [1.82, 2.24) is 4.98 Å². The summed E-state index contributed by atoms with van der Waals surface area (Å²) in [6.07, 6.45) is 4.73. The van der Waals surface area contributed by atoms with Crippen molar-refractivity contribution in [2.24, 2.45) is 0 Å². The Morgan fingerprint density at radius 1 is 0.917 bits per heavy atom. The number of benzene rings is 2. The van der Waals surface area contributed by atoms with Gasteiger partial charge in [-0.25, -0.2) is 0 Å². The molecule has 0 unspecified atom stereocenters. The third-order valence-corrected chi connectivity index (χ3v) is 3.88. The molecule has 1 amide bonds. The number of pyridine rings is 1. The van der Waals surface area contributed by atoms with Crippen molar-refractivity contribution >= 4 is 23.2 Å². The summed E-state index contributed by atoms with van der Waals surface area (Å²) in [6, 6.07) is 19.2. The molecule has 24 heavy (non-hydrogen) atoms. The van der Waals surface area contributed by atoms with Crippen LogP contribution in [0, 0.1) is 0 Å². The second-order valence-electron chi connectivity index (χ2n) is 5.58. The summed E-state index contributed by atoms with van der Waals surface area (Å²) >= 11 is 5.94. The van der Waals surface area contributed by atoms with Crippen LogP contribution in [0.4, 0.5) is 5.69 Å². The number of aromatic nitrogens is 1. The predicted octanol–water partition coefficient (Wildman–Crippen LogP) is 4.51. The van der Waals surface area contributed by atoms with Gasteiger partial charge in [-0.15, -0.1) is 0 Å². The molecule has 0 aliphatic heterocycles. The molecule has 0 aliphatic carbocycles. The van der Waals surface area contributed by atoms with Crippen LogP contribution >= 0.6 is 11.6 Å². The molecule has 3 nitrogen and oxygen atoms in total. The van der Waals surface area contributed by atoms with Crippen LogP contribution in [0.15, 0.2) is 73.1 Å². The monoisotopic (exact) mass is 336 g/mol. The number of hydrogen-bond donors (Lipinski definition) is 1. The maximum Gasteiger partial charge on any atom is 0.228 e. The predicted molar refractivity (Wildman–Crippen MR) is 97.3 cm³/mol. The Labute approximate surface area is 146 Å². The normalized spacial score (nSPS) is 10.4. The van der Waals surface area contributed by atoms with Gasteiger partial charge in [0.05, 0.1) is 6.42 Å². The average molecular weight is 337 g/mol. The Morgan fingerprint density at radius 3 is 2.33 bits per heavy atom. The number of rotatable bonds is 5. The van der Waals surface area contributed by atoms with Crippen LogP contribution in [0.5, 0.6) is 0 Å². The van der Waals surface area contributed by atoms with E-state index in [0.717, 1.165) is 17.7 Å². The van der Waals surface area contributed by atoms with Crippen LogP contribution < -0.4 is 5.32 Å². The van der Waals surface area contributed by atoms with Crippen molar-refractivity contribution in [3.8, 4) is 0 Å². The van der Waals surface area contributed by atoms with E-state index < -0.39 is 0 Å². The minimum atomic E-state index is -0.0563. The van der Waals surface area contributed by atoms with Crippen molar-refractivity contribution in [1.29, 1.82) is 0 Å². The minimum absolute atomic E-state index is 0.0563. The van der Waals surface area contributed by atoms with Gasteiger partial charge in [0.2, 0.25) is 5.91 Å². The molecule has 3 aromatic rings. The van der Waals surface area contributed by atoms with E-state index in [-0.39, 0.29) is 5.91 Å². The van der Waals surface area contributed by atoms with Crippen molar-refractivity contribution in [2.45, 2.75) is 12.8 Å². The van der Waals surface area contributed by atoms with Gasteiger partial charge in [0.25, 0.3) is 0 Å². The van der Waals surface area contributed by atoms with E-state index in [4.69, 9.17) is 11.6 Å². The van der Waals surface area contributed by atoms with E-state index in [1.807, 2.05) is 48.5 Å². The molecule has 0 saturated heterocycles. The van der Waals surface area contributed by atoms with Crippen LogP contribution in [0.1, 0.15) is 16.7 Å². The van der Waals surface area contributed by atoms with Crippen LogP contribution in [-0.2, 0) is 17.6 Å². The zero-order valence-corrected chi connectivity index (χ0v) is 13.8. The molecule has 0 bridgehead atoms. The zero-order valence-electron chi connectivity index (χ0n) is 13.1. The minimum Gasteiger partial charge on any atom is -0.326 e. The molecule has 0 radical (unpaired) electrons. The largest absolute Gasteiger partial charge is 0.326 e. The van der Waals surface area contributed by atoms with Crippen molar-refractivity contribution in [3.63, 3.8) is 0 Å². The summed E-state index contributed by atoms with van der Waals surface area (Å²) < 4.78 is 0. The first kappa shape index (κ1) is 16.2. The van der Waals surface area contributed by atoms with E-state index in [2.05, 4.69) is 10.3 Å². The second kappa shape index (κ2) is 7.75. The fourth-order valence-corrected chi connectivity index (χ4v) is 2.69. The van der Waals surface area contributed by atoms with Crippen LogP contribution in [-0.4, -0.2) is 10.9 Å². The Kier molecular flexibility index (Phi) is 5.24. The lowest BCUT2D eigenvalue weighted by Gasteiger charge is -2.07. The summed E-state index contributed by atoms with van der Waals surface area (Å²) in [6.45, 7) is 0. The second-order valence-corrected chi connectivity index (χ2v) is 6.02. The third-order valence-electron chi connectivity index (χ3n) is 3.65. The standard InChI is InChI=1S/C20H17ClN2O/c21-18-3-1-2-17(13-18)14-20(24)23-19-6-4-15(5-7-19)12-16-8-10-22-11-9-16/h1-11,13H,12,14H2,(H,23,24). The van der Waals surface area contributed by atoms with Crippen molar-refractivity contribution < 1.29 is 4.79 Å². The Hall–Kier alpha value is -2.65.